The number of para-hydroxylation sites is 2. The summed E-state index contributed by atoms with van der Waals surface area (Å²) in [4.78, 5) is 21.4. The topological polar surface area (TPSA) is 59.8 Å². The summed E-state index contributed by atoms with van der Waals surface area (Å²) in [5, 5.41) is 6.30. The second kappa shape index (κ2) is 7.50. The first kappa shape index (κ1) is 17.7. The van der Waals surface area contributed by atoms with E-state index in [1.54, 1.807) is 0 Å². The lowest BCUT2D eigenvalue weighted by molar-refractivity contribution is -0.120. The number of hydrogen-bond donors (Lipinski definition) is 1. The molecule has 4 rings (SSSR count). The van der Waals surface area contributed by atoms with Crippen molar-refractivity contribution in [2.24, 2.45) is 7.05 Å². The molecule has 1 amide bonds. The number of amides is 1. The Labute approximate surface area is 165 Å². The maximum Gasteiger partial charge on any atom is 0.226 e. The molecule has 4 aromatic rings. The van der Waals surface area contributed by atoms with Crippen LogP contribution in [0.1, 0.15) is 11.5 Å². The molecule has 136 valence electrons. The van der Waals surface area contributed by atoms with Crippen molar-refractivity contribution in [3.63, 3.8) is 0 Å². The van der Waals surface area contributed by atoms with Gasteiger partial charge in [0, 0.05) is 18.0 Å². The van der Waals surface area contributed by atoms with E-state index in [-0.39, 0.29) is 12.3 Å². The molecule has 1 N–H and O–H groups in total. The third-order valence-electron chi connectivity index (χ3n) is 4.32. The molecule has 2 aromatic heterocycles. The summed E-state index contributed by atoms with van der Waals surface area (Å²) in [6.07, 6.45) is 0.227. The van der Waals surface area contributed by atoms with Crippen LogP contribution in [0.5, 0.6) is 0 Å². The van der Waals surface area contributed by atoms with Gasteiger partial charge >= 0.3 is 0 Å². The van der Waals surface area contributed by atoms with Crippen LogP contribution in [-0.2, 0) is 24.8 Å². The fraction of sp³-hybridized carbons (Fsp3) is 0.150. The Hall–Kier alpha value is -2.70. The largest absolute Gasteiger partial charge is 0.349 e. The molecule has 0 aliphatic heterocycles. The molecule has 0 fully saturated rings. The van der Waals surface area contributed by atoms with Gasteiger partial charge in [-0.15, -0.1) is 11.3 Å². The van der Waals surface area contributed by atoms with E-state index in [0.717, 1.165) is 33.1 Å². The number of rotatable bonds is 5. The van der Waals surface area contributed by atoms with Crippen LogP contribution in [0, 0.1) is 0 Å². The van der Waals surface area contributed by atoms with Crippen molar-refractivity contribution in [2.45, 2.75) is 13.0 Å². The molecule has 0 aliphatic rings. The molecule has 0 radical (unpaired) electrons. The highest BCUT2D eigenvalue weighted by atomic mass is 35.5. The number of thiazole rings is 1. The molecule has 0 aliphatic carbocycles. The van der Waals surface area contributed by atoms with Gasteiger partial charge in [0.15, 0.2) is 0 Å². The Balaban J connectivity index is 1.41. The first-order chi connectivity index (χ1) is 13.1. The Morgan fingerprint density at radius 1 is 1.15 bits per heavy atom. The number of benzene rings is 2. The van der Waals surface area contributed by atoms with Gasteiger partial charge in [-0.3, -0.25) is 4.79 Å². The van der Waals surface area contributed by atoms with Crippen LogP contribution in [0.4, 0.5) is 0 Å². The third-order valence-corrected chi connectivity index (χ3v) is 5.58. The zero-order valence-electron chi connectivity index (χ0n) is 14.6. The lowest BCUT2D eigenvalue weighted by Gasteiger charge is -2.05. The van der Waals surface area contributed by atoms with Crippen molar-refractivity contribution in [1.82, 2.24) is 19.9 Å². The minimum atomic E-state index is -0.0851. The number of carbonyl (C=O) groups excluding carboxylic acids is 1. The maximum absolute atomic E-state index is 12.3. The number of imidazole rings is 1. The average molecular weight is 397 g/mol. The normalized spacial score (nSPS) is 11.0. The summed E-state index contributed by atoms with van der Waals surface area (Å²) in [5.41, 5.74) is 3.59. The lowest BCUT2D eigenvalue weighted by atomic mass is 10.2. The third kappa shape index (κ3) is 3.72. The maximum atomic E-state index is 12.3. The van der Waals surface area contributed by atoms with Gasteiger partial charge in [0.1, 0.15) is 10.8 Å². The number of aromatic nitrogens is 3. The van der Waals surface area contributed by atoms with E-state index in [1.807, 2.05) is 65.5 Å². The molecule has 5 nitrogen and oxygen atoms in total. The Kier molecular flexibility index (Phi) is 4.92. The second-order valence-electron chi connectivity index (χ2n) is 6.15. The number of nitrogens with one attached hydrogen (secondary N) is 1. The fourth-order valence-corrected chi connectivity index (χ4v) is 4.04. The van der Waals surface area contributed by atoms with Crippen molar-refractivity contribution in [2.75, 3.05) is 0 Å². The summed E-state index contributed by atoms with van der Waals surface area (Å²) in [6.45, 7) is 0.380. The van der Waals surface area contributed by atoms with Crippen molar-refractivity contribution in [1.29, 1.82) is 0 Å². The van der Waals surface area contributed by atoms with Crippen molar-refractivity contribution >= 4 is 39.9 Å². The van der Waals surface area contributed by atoms with E-state index in [4.69, 9.17) is 11.6 Å². The highest BCUT2D eigenvalue weighted by Crippen LogP contribution is 2.30. The summed E-state index contributed by atoms with van der Waals surface area (Å²) in [6, 6.07) is 15.5. The molecule has 27 heavy (non-hydrogen) atoms. The number of hydrogen-bond acceptors (Lipinski definition) is 4. The number of halogens is 1. The summed E-state index contributed by atoms with van der Waals surface area (Å²) in [5.74, 6) is 0.734. The SMILES string of the molecule is Cn1c(CNC(=O)Cc2csc(-c3ccccc3Cl)n2)nc2ccccc21. The van der Waals surface area contributed by atoms with Gasteiger partial charge in [-0.25, -0.2) is 9.97 Å². The van der Waals surface area contributed by atoms with E-state index in [1.165, 1.54) is 11.3 Å². The molecule has 0 unspecified atom stereocenters. The molecule has 2 heterocycles. The van der Waals surface area contributed by atoms with Gasteiger partial charge in [0.05, 0.1) is 34.7 Å². The van der Waals surface area contributed by atoms with E-state index in [2.05, 4.69) is 15.3 Å². The summed E-state index contributed by atoms with van der Waals surface area (Å²) >= 11 is 7.70. The molecule has 2 aromatic carbocycles. The van der Waals surface area contributed by atoms with Crippen LogP contribution in [-0.4, -0.2) is 20.4 Å². The van der Waals surface area contributed by atoms with Crippen LogP contribution in [0.3, 0.4) is 0 Å². The van der Waals surface area contributed by atoms with Gasteiger partial charge in [0.2, 0.25) is 5.91 Å². The highest BCUT2D eigenvalue weighted by Gasteiger charge is 2.12. The number of carbonyl (C=O) groups is 1. The molecular weight excluding hydrogens is 380 g/mol. The van der Waals surface area contributed by atoms with Crippen LogP contribution in [0.15, 0.2) is 53.9 Å². The quantitative estimate of drug-likeness (QED) is 0.549. The van der Waals surface area contributed by atoms with E-state index >= 15 is 0 Å². The van der Waals surface area contributed by atoms with E-state index in [9.17, 15) is 4.79 Å². The van der Waals surface area contributed by atoms with E-state index < -0.39 is 0 Å². The van der Waals surface area contributed by atoms with Crippen molar-refractivity contribution < 1.29 is 4.79 Å². The molecule has 7 heteroatoms. The molecule has 0 spiro atoms. The molecule has 0 atom stereocenters. The Morgan fingerprint density at radius 2 is 1.93 bits per heavy atom. The summed E-state index contributed by atoms with van der Waals surface area (Å²) in [7, 11) is 1.95. The molecule has 0 saturated carbocycles. The van der Waals surface area contributed by atoms with Gasteiger partial charge in [-0.1, -0.05) is 41.9 Å². The predicted octanol–water partition coefficient (Wildman–Crippen LogP) is 4.21. The van der Waals surface area contributed by atoms with Crippen LogP contribution < -0.4 is 5.32 Å². The van der Waals surface area contributed by atoms with E-state index in [0.29, 0.717) is 11.6 Å². The number of aryl methyl sites for hydroxylation is 1. The number of fused-ring (bicyclic) bond motifs is 1. The van der Waals surface area contributed by atoms with Crippen LogP contribution >= 0.6 is 22.9 Å². The van der Waals surface area contributed by atoms with Crippen molar-refractivity contribution in [3.05, 3.63) is 70.5 Å². The first-order valence-electron chi connectivity index (χ1n) is 8.48. The molecule has 0 bridgehead atoms. The lowest BCUT2D eigenvalue weighted by Crippen LogP contribution is -2.26. The molecular formula is C20H17ClN4OS. The Bertz CT molecular complexity index is 1120. The predicted molar refractivity (Wildman–Crippen MR) is 109 cm³/mol. The van der Waals surface area contributed by atoms with Crippen molar-refractivity contribution in [3.8, 4) is 10.6 Å². The first-order valence-corrected chi connectivity index (χ1v) is 9.74. The monoisotopic (exact) mass is 396 g/mol. The zero-order valence-corrected chi connectivity index (χ0v) is 16.2. The Morgan fingerprint density at radius 3 is 2.74 bits per heavy atom. The van der Waals surface area contributed by atoms with Gasteiger partial charge < -0.3 is 9.88 Å². The van der Waals surface area contributed by atoms with Gasteiger partial charge in [-0.2, -0.15) is 0 Å². The zero-order chi connectivity index (χ0) is 18.8. The fourth-order valence-electron chi connectivity index (χ4n) is 2.90. The van der Waals surface area contributed by atoms with Gasteiger partial charge in [-0.05, 0) is 18.2 Å². The average Bonchev–Trinajstić information content (AvgIpc) is 3.25. The number of nitrogens with zero attached hydrogens (tertiary/aromatic N) is 3. The molecule has 0 saturated heterocycles. The van der Waals surface area contributed by atoms with Crippen LogP contribution in [0.2, 0.25) is 5.02 Å². The minimum absolute atomic E-state index is 0.0851. The smallest absolute Gasteiger partial charge is 0.226 e. The minimum Gasteiger partial charge on any atom is -0.349 e. The van der Waals surface area contributed by atoms with Gasteiger partial charge in [0.25, 0.3) is 0 Å². The second-order valence-corrected chi connectivity index (χ2v) is 7.42. The standard InChI is InChI=1S/C20H17ClN4OS/c1-25-17-9-5-4-8-16(17)24-18(25)11-22-19(26)10-13-12-27-20(23-13)14-6-2-3-7-15(14)21/h2-9,12H,10-11H2,1H3,(H,22,26). The van der Waals surface area contributed by atoms with Crippen LogP contribution in [0.25, 0.3) is 21.6 Å². The highest BCUT2D eigenvalue weighted by molar-refractivity contribution is 7.13. The summed E-state index contributed by atoms with van der Waals surface area (Å²) < 4.78 is 1.99.